The van der Waals surface area contributed by atoms with E-state index >= 15 is 0 Å². The van der Waals surface area contributed by atoms with Crippen LogP contribution in [0, 0.1) is 0 Å². The molecule has 37 heavy (non-hydrogen) atoms. The van der Waals surface area contributed by atoms with Crippen molar-refractivity contribution in [3.05, 3.63) is 144 Å². The van der Waals surface area contributed by atoms with Gasteiger partial charge in [-0.15, -0.1) is 0 Å². The van der Waals surface area contributed by atoms with Crippen molar-refractivity contribution in [2.45, 2.75) is 26.4 Å². The highest BCUT2D eigenvalue weighted by Gasteiger charge is 2.24. The van der Waals surface area contributed by atoms with E-state index < -0.39 is 0 Å². The van der Waals surface area contributed by atoms with E-state index in [1.165, 1.54) is 0 Å². The number of rotatable bonds is 12. The van der Waals surface area contributed by atoms with Crippen LogP contribution in [-0.2, 0) is 26.4 Å². The molecule has 0 unspecified atom stereocenters. The van der Waals surface area contributed by atoms with Crippen LogP contribution in [0.1, 0.15) is 22.3 Å². The van der Waals surface area contributed by atoms with E-state index in [0.29, 0.717) is 49.7 Å². The van der Waals surface area contributed by atoms with Gasteiger partial charge in [-0.25, -0.2) is 0 Å². The fourth-order valence-electron chi connectivity index (χ4n) is 3.81. The fraction of sp³-hybridized carbons (Fsp3) is 0.125. The summed E-state index contributed by atoms with van der Waals surface area (Å²) < 4.78 is 25.0. The molecule has 5 heteroatoms. The van der Waals surface area contributed by atoms with Gasteiger partial charge in [0, 0.05) is 0 Å². The third kappa shape index (κ3) is 6.73. The monoisotopic (exact) mass is 491 g/mol. The van der Waals surface area contributed by atoms with Gasteiger partial charge in [0.2, 0.25) is 23.3 Å². The maximum atomic E-state index is 6.30. The lowest BCUT2D eigenvalue weighted by Crippen LogP contribution is -2.02. The van der Waals surface area contributed by atoms with Crippen molar-refractivity contribution < 1.29 is 18.9 Å². The topological polar surface area (TPSA) is 52.7 Å². The Bertz CT molecular complexity index is 1250. The van der Waals surface area contributed by atoms with Crippen molar-refractivity contribution in [1.29, 1.82) is 0 Å². The molecular formula is C32H29NO4. The summed E-state index contributed by atoms with van der Waals surface area (Å²) in [6.45, 7) is 1.47. The first-order valence-electron chi connectivity index (χ1n) is 12.3. The third-order valence-electron chi connectivity index (χ3n) is 5.75. The molecule has 0 saturated carbocycles. The summed E-state index contributed by atoms with van der Waals surface area (Å²) in [5.41, 5.74) is 4.17. The number of aromatic amines is 1. The van der Waals surface area contributed by atoms with Crippen molar-refractivity contribution in [3.63, 3.8) is 0 Å². The first-order valence-corrected chi connectivity index (χ1v) is 12.3. The Morgan fingerprint density at radius 2 is 0.622 bits per heavy atom. The van der Waals surface area contributed by atoms with Gasteiger partial charge in [-0.1, -0.05) is 121 Å². The Morgan fingerprint density at radius 3 is 0.919 bits per heavy atom. The number of benzene rings is 4. The maximum absolute atomic E-state index is 6.30. The second-order valence-electron chi connectivity index (χ2n) is 8.54. The van der Waals surface area contributed by atoms with Gasteiger partial charge in [0.05, 0.1) is 0 Å². The molecule has 0 aliphatic carbocycles. The standard InChI is InChI=1S/C32H29NO4/c1-5-13-25(14-6-1)21-34-29-30(35-22-26-15-7-2-8-16-26)32(37-24-28-19-11-4-12-20-28)33-31(29)36-23-27-17-9-3-10-18-27/h1-20,33H,21-24H2. The van der Waals surface area contributed by atoms with Crippen LogP contribution in [0.4, 0.5) is 0 Å². The Labute approximate surface area is 217 Å². The summed E-state index contributed by atoms with van der Waals surface area (Å²) in [5.74, 6) is 1.90. The molecule has 1 aromatic heterocycles. The van der Waals surface area contributed by atoms with Crippen LogP contribution in [0.3, 0.4) is 0 Å². The average molecular weight is 492 g/mol. The van der Waals surface area contributed by atoms with Crippen LogP contribution in [0.5, 0.6) is 23.3 Å². The molecule has 0 amide bonds. The van der Waals surface area contributed by atoms with Crippen LogP contribution in [0.15, 0.2) is 121 Å². The SMILES string of the molecule is c1ccc(COc2[nH]c(OCc3ccccc3)c(OCc3ccccc3)c2OCc2ccccc2)cc1. The largest absolute Gasteiger partial charge is 0.480 e. The second-order valence-corrected chi connectivity index (χ2v) is 8.54. The van der Waals surface area contributed by atoms with Gasteiger partial charge in [0.15, 0.2) is 0 Å². The normalized spacial score (nSPS) is 10.6. The summed E-state index contributed by atoms with van der Waals surface area (Å²) in [6, 6.07) is 40.0. The van der Waals surface area contributed by atoms with Gasteiger partial charge in [-0.05, 0) is 22.3 Å². The zero-order valence-corrected chi connectivity index (χ0v) is 20.5. The van der Waals surface area contributed by atoms with Gasteiger partial charge in [-0.2, -0.15) is 0 Å². The van der Waals surface area contributed by atoms with Crippen LogP contribution in [0.2, 0.25) is 0 Å². The third-order valence-corrected chi connectivity index (χ3v) is 5.75. The molecule has 0 bridgehead atoms. The molecule has 0 saturated heterocycles. The number of aromatic nitrogens is 1. The minimum absolute atomic E-state index is 0.361. The minimum Gasteiger partial charge on any atom is -0.480 e. The lowest BCUT2D eigenvalue weighted by atomic mass is 10.2. The van der Waals surface area contributed by atoms with E-state index in [4.69, 9.17) is 18.9 Å². The Balaban J connectivity index is 1.44. The minimum atomic E-state index is 0.361. The maximum Gasteiger partial charge on any atom is 0.242 e. The number of nitrogens with one attached hydrogen (secondary N) is 1. The van der Waals surface area contributed by atoms with Gasteiger partial charge >= 0.3 is 0 Å². The first kappa shape index (κ1) is 24.1. The zero-order valence-electron chi connectivity index (χ0n) is 20.5. The van der Waals surface area contributed by atoms with Gasteiger partial charge in [0.1, 0.15) is 26.4 Å². The molecule has 0 aliphatic heterocycles. The predicted molar refractivity (Wildman–Crippen MR) is 144 cm³/mol. The summed E-state index contributed by atoms with van der Waals surface area (Å²) in [5, 5.41) is 0. The Hall–Kier alpha value is -4.64. The first-order chi connectivity index (χ1) is 18.3. The van der Waals surface area contributed by atoms with E-state index in [0.717, 1.165) is 22.3 Å². The molecular weight excluding hydrogens is 462 g/mol. The van der Waals surface area contributed by atoms with Crippen molar-refractivity contribution in [2.24, 2.45) is 0 Å². The fourth-order valence-corrected chi connectivity index (χ4v) is 3.81. The Kier molecular flexibility index (Phi) is 8.04. The molecule has 0 radical (unpaired) electrons. The van der Waals surface area contributed by atoms with Crippen molar-refractivity contribution in [2.75, 3.05) is 0 Å². The number of hydrogen-bond acceptors (Lipinski definition) is 4. The molecule has 1 heterocycles. The number of ether oxygens (including phenoxy) is 4. The number of H-pyrrole nitrogens is 1. The van der Waals surface area contributed by atoms with Gasteiger partial charge in [-0.3, -0.25) is 4.98 Å². The second kappa shape index (κ2) is 12.4. The summed E-state index contributed by atoms with van der Waals surface area (Å²) in [7, 11) is 0. The van der Waals surface area contributed by atoms with Crippen LogP contribution < -0.4 is 18.9 Å². The highest BCUT2D eigenvalue weighted by Crippen LogP contribution is 2.46. The van der Waals surface area contributed by atoms with Crippen LogP contribution in [0.25, 0.3) is 0 Å². The summed E-state index contributed by atoms with van der Waals surface area (Å²) >= 11 is 0. The molecule has 0 spiro atoms. The quantitative estimate of drug-likeness (QED) is 0.199. The van der Waals surface area contributed by atoms with Crippen molar-refractivity contribution in [3.8, 4) is 23.3 Å². The average Bonchev–Trinajstić information content (AvgIpc) is 3.31. The molecule has 186 valence electrons. The molecule has 5 aromatic rings. The highest BCUT2D eigenvalue weighted by atomic mass is 16.6. The van der Waals surface area contributed by atoms with E-state index in [1.807, 2.05) is 121 Å². The molecule has 5 nitrogen and oxygen atoms in total. The van der Waals surface area contributed by atoms with E-state index in [1.54, 1.807) is 0 Å². The van der Waals surface area contributed by atoms with E-state index in [-0.39, 0.29) is 0 Å². The predicted octanol–water partition coefficient (Wildman–Crippen LogP) is 7.33. The molecule has 1 N–H and O–H groups in total. The molecule has 4 aromatic carbocycles. The number of hydrogen-bond donors (Lipinski definition) is 1. The van der Waals surface area contributed by atoms with Crippen LogP contribution >= 0.6 is 0 Å². The van der Waals surface area contributed by atoms with Crippen LogP contribution in [-0.4, -0.2) is 4.98 Å². The summed E-state index contributed by atoms with van der Waals surface area (Å²) in [4.78, 5) is 3.27. The zero-order chi connectivity index (χ0) is 25.1. The van der Waals surface area contributed by atoms with Crippen molar-refractivity contribution in [1.82, 2.24) is 4.98 Å². The van der Waals surface area contributed by atoms with E-state index in [9.17, 15) is 0 Å². The van der Waals surface area contributed by atoms with Gasteiger partial charge < -0.3 is 18.9 Å². The molecule has 5 rings (SSSR count). The molecule has 0 fully saturated rings. The van der Waals surface area contributed by atoms with Crippen molar-refractivity contribution >= 4 is 0 Å². The lowest BCUT2D eigenvalue weighted by molar-refractivity contribution is 0.225. The smallest absolute Gasteiger partial charge is 0.242 e. The highest BCUT2D eigenvalue weighted by molar-refractivity contribution is 5.56. The molecule has 0 atom stereocenters. The summed E-state index contributed by atoms with van der Waals surface area (Å²) in [6.07, 6.45) is 0. The molecule has 0 aliphatic rings. The Morgan fingerprint density at radius 1 is 0.351 bits per heavy atom. The lowest BCUT2D eigenvalue weighted by Gasteiger charge is -2.13. The van der Waals surface area contributed by atoms with E-state index in [2.05, 4.69) is 4.98 Å². The van der Waals surface area contributed by atoms with Gasteiger partial charge in [0.25, 0.3) is 0 Å².